The van der Waals surface area contributed by atoms with Crippen LogP contribution in [0.5, 0.6) is 0 Å². The summed E-state index contributed by atoms with van der Waals surface area (Å²) in [5.41, 5.74) is -3.44. The molecule has 1 N–H and O–H groups in total. The lowest BCUT2D eigenvalue weighted by atomic mass is 10.2. The number of nitrogens with zero attached hydrogens (tertiary/aromatic N) is 3. The molecule has 5 nitrogen and oxygen atoms in total. The van der Waals surface area contributed by atoms with Gasteiger partial charge in [0.25, 0.3) is 5.91 Å². The Hall–Kier alpha value is -3.03. The van der Waals surface area contributed by atoms with Crippen molar-refractivity contribution in [3.05, 3.63) is 41.3 Å². The van der Waals surface area contributed by atoms with Crippen molar-refractivity contribution in [2.45, 2.75) is 12.4 Å². The molecule has 0 bridgehead atoms. The van der Waals surface area contributed by atoms with Crippen LogP contribution in [-0.2, 0) is 12.4 Å². The van der Waals surface area contributed by atoms with Crippen LogP contribution >= 0.6 is 0 Å². The number of hydrogen-bond acceptors (Lipinski definition) is 3. The van der Waals surface area contributed by atoms with Gasteiger partial charge in [0, 0.05) is 6.20 Å². The predicted octanol–water partition coefficient (Wildman–Crippen LogP) is 2.67. The minimum absolute atomic E-state index is 0.241. The molecular weight excluding hydrogens is 354 g/mol. The summed E-state index contributed by atoms with van der Waals surface area (Å²) in [4.78, 5) is 15.1. The summed E-state index contributed by atoms with van der Waals surface area (Å²) < 4.78 is 77.6. The maximum atomic E-state index is 13.3. The second kappa shape index (κ2) is 6.46. The third-order valence-electron chi connectivity index (χ3n) is 2.93. The summed E-state index contributed by atoms with van der Waals surface area (Å²) in [7, 11) is 0. The fourth-order valence-corrected chi connectivity index (χ4v) is 1.87. The Kier molecular flexibility index (Phi) is 4.73. The second-order valence-electron chi connectivity index (χ2n) is 4.61. The van der Waals surface area contributed by atoms with E-state index in [1.165, 1.54) is 0 Å². The Balaban J connectivity index is 2.50. The van der Waals surface area contributed by atoms with Gasteiger partial charge in [0.2, 0.25) is 0 Å². The number of carbonyl (C=O) groups excluding carboxylic acids is 1. The van der Waals surface area contributed by atoms with Gasteiger partial charge in [-0.05, 0) is 12.1 Å². The van der Waals surface area contributed by atoms with Crippen molar-refractivity contribution in [2.75, 3.05) is 6.54 Å². The molecule has 11 heteroatoms. The monoisotopic (exact) mass is 362 g/mol. The molecule has 0 saturated heterocycles. The summed E-state index contributed by atoms with van der Waals surface area (Å²) in [6, 6.07) is 1.27. The minimum atomic E-state index is -5.01. The van der Waals surface area contributed by atoms with Gasteiger partial charge in [-0.1, -0.05) is 5.92 Å². The van der Waals surface area contributed by atoms with Crippen molar-refractivity contribution < 1.29 is 31.1 Å². The minimum Gasteiger partial charge on any atom is -0.341 e. The normalized spacial score (nSPS) is 11.9. The zero-order chi connectivity index (χ0) is 18.8. The van der Waals surface area contributed by atoms with Crippen LogP contribution in [0.15, 0.2) is 24.5 Å². The number of hydrogen-bond donors (Lipinski definition) is 1. The summed E-state index contributed by atoms with van der Waals surface area (Å²) in [6.07, 6.45) is -3.78. The lowest BCUT2D eigenvalue weighted by Gasteiger charge is -2.12. The maximum Gasteiger partial charge on any atom is 0.434 e. The molecule has 0 fully saturated rings. The quantitative estimate of drug-likeness (QED) is 0.675. The van der Waals surface area contributed by atoms with E-state index in [0.717, 1.165) is 0 Å². The molecule has 0 aromatic carbocycles. The van der Waals surface area contributed by atoms with E-state index in [2.05, 4.69) is 15.4 Å². The molecular formula is C14H8F6N4O. The third kappa shape index (κ3) is 3.90. The van der Waals surface area contributed by atoms with E-state index in [0.29, 0.717) is 24.5 Å². The zero-order valence-electron chi connectivity index (χ0n) is 12.1. The average Bonchev–Trinajstić information content (AvgIpc) is 2.97. The lowest BCUT2D eigenvalue weighted by Crippen LogP contribution is -2.27. The van der Waals surface area contributed by atoms with E-state index < -0.39 is 40.9 Å². The molecule has 25 heavy (non-hydrogen) atoms. The fourth-order valence-electron chi connectivity index (χ4n) is 1.87. The van der Waals surface area contributed by atoms with Crippen LogP contribution in [0.2, 0.25) is 0 Å². The van der Waals surface area contributed by atoms with Gasteiger partial charge in [-0.2, -0.15) is 31.4 Å². The highest BCUT2D eigenvalue weighted by molar-refractivity contribution is 5.95. The van der Waals surface area contributed by atoms with E-state index in [9.17, 15) is 31.1 Å². The van der Waals surface area contributed by atoms with Crippen molar-refractivity contribution in [1.29, 1.82) is 0 Å². The highest BCUT2D eigenvalue weighted by atomic mass is 19.4. The summed E-state index contributed by atoms with van der Waals surface area (Å²) in [5, 5.41) is 5.47. The molecule has 2 aromatic heterocycles. The average molecular weight is 362 g/mol. The number of halogens is 6. The number of pyridine rings is 1. The first-order chi connectivity index (χ1) is 11.6. The Bertz CT molecular complexity index is 814. The molecule has 0 aliphatic heterocycles. The van der Waals surface area contributed by atoms with Crippen LogP contribution < -0.4 is 5.32 Å². The number of amides is 1. The second-order valence-corrected chi connectivity index (χ2v) is 4.61. The maximum absolute atomic E-state index is 13.3. The number of aromatic nitrogens is 3. The molecule has 2 aromatic rings. The Morgan fingerprint density at radius 3 is 2.32 bits per heavy atom. The Morgan fingerprint density at radius 1 is 1.16 bits per heavy atom. The summed E-state index contributed by atoms with van der Waals surface area (Å²) in [6.45, 7) is -0.306. The number of terminal acetylenes is 1. The molecule has 0 aliphatic carbocycles. The van der Waals surface area contributed by atoms with Crippen LogP contribution in [0, 0.1) is 12.3 Å². The number of rotatable bonds is 3. The first-order valence-corrected chi connectivity index (χ1v) is 6.46. The molecule has 0 aliphatic rings. The highest BCUT2D eigenvalue weighted by Gasteiger charge is 2.41. The molecule has 0 unspecified atom stereocenters. The van der Waals surface area contributed by atoms with Crippen LogP contribution in [0.25, 0.3) is 5.82 Å². The van der Waals surface area contributed by atoms with E-state index in [1.54, 1.807) is 0 Å². The van der Waals surface area contributed by atoms with Crippen molar-refractivity contribution in [3.8, 4) is 18.2 Å². The van der Waals surface area contributed by atoms with Gasteiger partial charge in [-0.15, -0.1) is 6.42 Å². The van der Waals surface area contributed by atoms with E-state index >= 15 is 0 Å². The highest BCUT2D eigenvalue weighted by Crippen LogP contribution is 2.34. The van der Waals surface area contributed by atoms with Gasteiger partial charge in [0.05, 0.1) is 23.9 Å². The van der Waals surface area contributed by atoms with Crippen molar-refractivity contribution in [1.82, 2.24) is 20.1 Å². The predicted molar refractivity (Wildman–Crippen MR) is 72.5 cm³/mol. The van der Waals surface area contributed by atoms with Crippen molar-refractivity contribution in [3.63, 3.8) is 0 Å². The Morgan fingerprint density at radius 2 is 1.84 bits per heavy atom. The molecule has 1 amide bonds. The molecule has 0 saturated carbocycles. The van der Waals surface area contributed by atoms with Crippen molar-refractivity contribution >= 4 is 5.91 Å². The molecule has 0 spiro atoms. The summed E-state index contributed by atoms with van der Waals surface area (Å²) >= 11 is 0. The van der Waals surface area contributed by atoms with Crippen LogP contribution in [0.4, 0.5) is 26.3 Å². The van der Waals surface area contributed by atoms with Gasteiger partial charge in [-0.3, -0.25) is 4.79 Å². The Labute approximate surface area is 136 Å². The van der Waals surface area contributed by atoms with Gasteiger partial charge < -0.3 is 5.32 Å². The van der Waals surface area contributed by atoms with Gasteiger partial charge in [0.15, 0.2) is 11.5 Å². The van der Waals surface area contributed by atoms with Crippen LogP contribution in [0.3, 0.4) is 0 Å². The fraction of sp³-hybridized carbons (Fsp3) is 0.214. The first kappa shape index (κ1) is 18.3. The molecule has 0 atom stereocenters. The van der Waals surface area contributed by atoms with Gasteiger partial charge in [-0.25, -0.2) is 9.67 Å². The van der Waals surface area contributed by atoms with E-state index in [1.807, 2.05) is 5.92 Å². The van der Waals surface area contributed by atoms with Crippen molar-refractivity contribution in [2.24, 2.45) is 0 Å². The lowest BCUT2D eigenvalue weighted by molar-refractivity contribution is -0.143. The van der Waals surface area contributed by atoms with E-state index in [4.69, 9.17) is 6.42 Å². The molecule has 2 heterocycles. The van der Waals surface area contributed by atoms with Gasteiger partial charge in [0.1, 0.15) is 0 Å². The third-order valence-corrected chi connectivity index (χ3v) is 2.93. The first-order valence-electron chi connectivity index (χ1n) is 6.46. The number of alkyl halides is 6. The SMILES string of the molecule is C#CCNC(=O)c1cnn(-c2ccc(C(F)(F)F)cn2)c1C(F)(F)F. The zero-order valence-corrected chi connectivity index (χ0v) is 12.1. The van der Waals surface area contributed by atoms with Crippen LogP contribution in [0.1, 0.15) is 21.6 Å². The molecule has 0 radical (unpaired) electrons. The number of nitrogens with one attached hydrogen (secondary N) is 1. The topological polar surface area (TPSA) is 59.8 Å². The number of carbonyl (C=O) groups is 1. The smallest absolute Gasteiger partial charge is 0.341 e. The van der Waals surface area contributed by atoms with Gasteiger partial charge >= 0.3 is 12.4 Å². The van der Waals surface area contributed by atoms with E-state index in [-0.39, 0.29) is 11.2 Å². The molecule has 132 valence electrons. The van der Waals surface area contributed by atoms with Crippen LogP contribution in [-0.4, -0.2) is 27.2 Å². The summed E-state index contributed by atoms with van der Waals surface area (Å²) in [5.74, 6) is 0.373. The molecule has 2 rings (SSSR count). The largest absolute Gasteiger partial charge is 0.434 e. The standard InChI is InChI=1S/C14H8F6N4O/c1-2-5-21-12(25)9-7-23-24(11(9)14(18,19)20)10-4-3-8(6-22-10)13(15,16)17/h1,3-4,6-7H,5H2,(H,21,25).